The van der Waals surface area contributed by atoms with E-state index in [4.69, 9.17) is 23.2 Å². The molecule has 0 aliphatic rings. The molecule has 1 heterocycles. The van der Waals surface area contributed by atoms with Gasteiger partial charge < -0.3 is 5.32 Å². The summed E-state index contributed by atoms with van der Waals surface area (Å²) in [5.74, 6) is -0.331. The van der Waals surface area contributed by atoms with Gasteiger partial charge in [-0.25, -0.2) is 12.7 Å². The van der Waals surface area contributed by atoms with Gasteiger partial charge in [-0.1, -0.05) is 64.9 Å². The van der Waals surface area contributed by atoms with Crippen LogP contribution in [0.3, 0.4) is 0 Å². The molecule has 0 spiro atoms. The van der Waals surface area contributed by atoms with Gasteiger partial charge in [0, 0.05) is 11.6 Å². The first-order valence-corrected chi connectivity index (χ1v) is 13.1. The third kappa shape index (κ3) is 5.39. The quantitative estimate of drug-likeness (QED) is 0.330. The summed E-state index contributed by atoms with van der Waals surface area (Å²) in [6.45, 7) is 0.342. The highest BCUT2D eigenvalue weighted by molar-refractivity contribution is 7.93. The molecule has 0 saturated heterocycles. The topological polar surface area (TPSA) is 92.3 Å². The van der Waals surface area contributed by atoms with Crippen molar-refractivity contribution in [3.63, 3.8) is 0 Å². The number of anilines is 2. The van der Waals surface area contributed by atoms with Crippen LogP contribution in [-0.4, -0.2) is 31.1 Å². The monoisotopic (exact) mass is 532 g/mol. The smallest absolute Gasteiger partial charge is 0.270 e. The number of nitrogens with one attached hydrogen (secondary N) is 1. The van der Waals surface area contributed by atoms with Gasteiger partial charge in [0.1, 0.15) is 5.51 Å². The average Bonchev–Trinajstić information content (AvgIpc) is 3.35. The molecule has 174 valence electrons. The van der Waals surface area contributed by atoms with Crippen molar-refractivity contribution in [3.05, 3.63) is 99.5 Å². The minimum Gasteiger partial charge on any atom is -0.352 e. The maximum absolute atomic E-state index is 13.4. The van der Waals surface area contributed by atoms with E-state index in [1.807, 2.05) is 6.07 Å². The SMILES string of the molecule is O=C(NCCc1ccc(S(=O)(=O)N(c2ccccc2)c2nncs2)cc1)c1cc(Cl)ccc1Cl. The number of carbonyl (C=O) groups is 1. The molecule has 7 nitrogen and oxygen atoms in total. The predicted octanol–water partition coefficient (Wildman–Crippen LogP) is 5.34. The Morgan fingerprint density at radius 2 is 1.74 bits per heavy atom. The van der Waals surface area contributed by atoms with Gasteiger partial charge in [0.2, 0.25) is 5.13 Å². The Balaban J connectivity index is 1.47. The van der Waals surface area contributed by atoms with Crippen LogP contribution in [0.4, 0.5) is 10.8 Å². The molecule has 4 aromatic rings. The Kier molecular flexibility index (Phi) is 7.47. The van der Waals surface area contributed by atoms with Gasteiger partial charge in [-0.3, -0.25) is 4.79 Å². The van der Waals surface area contributed by atoms with E-state index in [1.165, 1.54) is 28.0 Å². The highest BCUT2D eigenvalue weighted by atomic mass is 35.5. The summed E-state index contributed by atoms with van der Waals surface area (Å²) in [4.78, 5) is 12.5. The van der Waals surface area contributed by atoms with Gasteiger partial charge in [-0.05, 0) is 54.4 Å². The van der Waals surface area contributed by atoms with E-state index in [9.17, 15) is 13.2 Å². The van der Waals surface area contributed by atoms with E-state index >= 15 is 0 Å². The number of amides is 1. The van der Waals surface area contributed by atoms with Crippen LogP contribution in [0.25, 0.3) is 0 Å². The first-order chi connectivity index (χ1) is 16.4. The van der Waals surface area contributed by atoms with Crippen molar-refractivity contribution in [2.45, 2.75) is 11.3 Å². The summed E-state index contributed by atoms with van der Waals surface area (Å²) in [5, 5.41) is 11.5. The standard InChI is InChI=1S/C23H18Cl2N4O3S2/c24-17-8-11-21(25)20(14-17)22(30)26-13-12-16-6-9-19(10-7-16)34(31,32)29(23-28-27-15-33-23)18-4-2-1-3-5-18/h1-11,14-15H,12-13H2,(H,26,30). The van der Waals surface area contributed by atoms with Crippen LogP contribution < -0.4 is 9.62 Å². The highest BCUT2D eigenvalue weighted by Crippen LogP contribution is 2.33. The molecule has 34 heavy (non-hydrogen) atoms. The van der Waals surface area contributed by atoms with Crippen molar-refractivity contribution in [2.24, 2.45) is 0 Å². The van der Waals surface area contributed by atoms with Crippen LogP contribution in [0.1, 0.15) is 15.9 Å². The molecule has 0 unspecified atom stereocenters. The maximum atomic E-state index is 13.4. The zero-order valence-electron chi connectivity index (χ0n) is 17.6. The number of sulfonamides is 1. The van der Waals surface area contributed by atoms with Gasteiger partial charge in [-0.2, -0.15) is 0 Å². The number of aromatic nitrogens is 2. The van der Waals surface area contributed by atoms with Gasteiger partial charge >= 0.3 is 0 Å². The van der Waals surface area contributed by atoms with Gasteiger partial charge in [0.15, 0.2) is 0 Å². The number of hydrogen-bond acceptors (Lipinski definition) is 6. The zero-order chi connectivity index (χ0) is 24.1. The van der Waals surface area contributed by atoms with Crippen molar-refractivity contribution < 1.29 is 13.2 Å². The van der Waals surface area contributed by atoms with Crippen LogP contribution in [0.5, 0.6) is 0 Å². The van der Waals surface area contributed by atoms with E-state index in [1.54, 1.807) is 48.5 Å². The number of halogens is 2. The molecule has 0 aliphatic heterocycles. The van der Waals surface area contributed by atoms with Gasteiger partial charge in [0.25, 0.3) is 15.9 Å². The van der Waals surface area contributed by atoms with E-state index in [0.717, 1.165) is 16.9 Å². The Hall–Kier alpha value is -2.98. The summed E-state index contributed by atoms with van der Waals surface area (Å²) in [5.41, 5.74) is 3.10. The van der Waals surface area contributed by atoms with E-state index < -0.39 is 10.0 Å². The number of benzene rings is 3. The minimum absolute atomic E-state index is 0.116. The molecule has 3 aromatic carbocycles. The number of carbonyl (C=O) groups excluding carboxylic acids is 1. The first kappa shape index (κ1) is 24.2. The van der Waals surface area contributed by atoms with E-state index in [-0.39, 0.29) is 15.9 Å². The molecule has 11 heteroatoms. The molecular weight excluding hydrogens is 515 g/mol. The van der Waals surface area contributed by atoms with Crippen molar-refractivity contribution in [2.75, 3.05) is 10.8 Å². The van der Waals surface area contributed by atoms with Crippen molar-refractivity contribution in [1.29, 1.82) is 0 Å². The third-order valence-corrected chi connectivity index (χ3v) is 7.93. The number of hydrogen-bond donors (Lipinski definition) is 1. The second-order valence-electron chi connectivity index (χ2n) is 7.10. The zero-order valence-corrected chi connectivity index (χ0v) is 20.7. The summed E-state index contributed by atoms with van der Waals surface area (Å²) in [6.07, 6.45) is 0.503. The van der Waals surface area contributed by atoms with Crippen LogP contribution in [-0.2, 0) is 16.4 Å². The van der Waals surface area contributed by atoms with Crippen molar-refractivity contribution >= 4 is 61.3 Å². The Morgan fingerprint density at radius 1 is 1.00 bits per heavy atom. The summed E-state index contributed by atoms with van der Waals surface area (Å²) in [6, 6.07) is 19.9. The van der Waals surface area contributed by atoms with E-state index in [0.29, 0.717) is 34.3 Å². The molecule has 4 rings (SSSR count). The Bertz CT molecular complexity index is 1380. The molecule has 0 fully saturated rings. The first-order valence-electron chi connectivity index (χ1n) is 10.0. The Morgan fingerprint density at radius 3 is 2.41 bits per heavy atom. The largest absolute Gasteiger partial charge is 0.352 e. The molecule has 1 N–H and O–H groups in total. The number of rotatable bonds is 8. The van der Waals surface area contributed by atoms with E-state index in [2.05, 4.69) is 15.5 Å². The maximum Gasteiger partial charge on any atom is 0.270 e. The lowest BCUT2D eigenvalue weighted by atomic mass is 10.1. The van der Waals surface area contributed by atoms with Gasteiger partial charge in [0.05, 0.1) is 21.2 Å². The molecule has 0 atom stereocenters. The minimum atomic E-state index is -3.93. The lowest BCUT2D eigenvalue weighted by Crippen LogP contribution is -2.26. The normalized spacial score (nSPS) is 11.2. The fourth-order valence-electron chi connectivity index (χ4n) is 3.19. The average molecular weight is 533 g/mol. The van der Waals surface area contributed by atoms with Crippen molar-refractivity contribution in [3.8, 4) is 0 Å². The fraction of sp³-hybridized carbons (Fsp3) is 0.0870. The summed E-state index contributed by atoms with van der Waals surface area (Å²) < 4.78 is 28.1. The second kappa shape index (κ2) is 10.5. The van der Waals surface area contributed by atoms with Gasteiger partial charge in [-0.15, -0.1) is 10.2 Å². The van der Waals surface area contributed by atoms with Crippen LogP contribution in [0.2, 0.25) is 10.0 Å². The van der Waals surface area contributed by atoms with Crippen molar-refractivity contribution in [1.82, 2.24) is 15.5 Å². The molecule has 0 radical (unpaired) electrons. The fourth-order valence-corrected chi connectivity index (χ4v) is 5.81. The summed E-state index contributed by atoms with van der Waals surface area (Å²) >= 11 is 13.1. The molecule has 1 aromatic heterocycles. The Labute approximate surface area is 211 Å². The lowest BCUT2D eigenvalue weighted by Gasteiger charge is -2.21. The molecule has 1 amide bonds. The van der Waals surface area contributed by atoms with Crippen LogP contribution in [0, 0.1) is 0 Å². The number of nitrogens with zero attached hydrogens (tertiary/aromatic N) is 3. The molecule has 0 aliphatic carbocycles. The third-order valence-electron chi connectivity index (χ3n) is 4.85. The van der Waals surface area contributed by atoms with Crippen LogP contribution >= 0.6 is 34.5 Å². The van der Waals surface area contributed by atoms with Crippen LogP contribution in [0.15, 0.2) is 83.2 Å². The molecule has 0 bridgehead atoms. The molecular formula is C23H18Cl2N4O3S2. The number of para-hydroxylation sites is 1. The molecule has 0 saturated carbocycles. The predicted molar refractivity (Wildman–Crippen MR) is 135 cm³/mol. The summed E-state index contributed by atoms with van der Waals surface area (Å²) in [7, 11) is -3.93. The second-order valence-corrected chi connectivity index (χ2v) is 10.5. The highest BCUT2D eigenvalue weighted by Gasteiger charge is 2.28. The lowest BCUT2D eigenvalue weighted by molar-refractivity contribution is 0.0954.